The van der Waals surface area contributed by atoms with E-state index in [1.54, 1.807) is 0 Å². The van der Waals surface area contributed by atoms with Crippen LogP contribution in [0, 0.1) is 6.92 Å². The first kappa shape index (κ1) is 15.7. The van der Waals surface area contributed by atoms with Gasteiger partial charge in [-0.05, 0) is 38.1 Å². The SMILES string of the molecule is C=C(C)CN(CC)CC(O)COc1cccc(C)c1. The van der Waals surface area contributed by atoms with Crippen molar-refractivity contribution >= 4 is 0 Å². The van der Waals surface area contributed by atoms with Crippen LogP contribution in [0.25, 0.3) is 0 Å². The summed E-state index contributed by atoms with van der Waals surface area (Å²) in [5, 5.41) is 10.00. The van der Waals surface area contributed by atoms with Gasteiger partial charge in [-0.2, -0.15) is 0 Å². The van der Waals surface area contributed by atoms with E-state index in [9.17, 15) is 5.11 Å². The van der Waals surface area contributed by atoms with Crippen molar-refractivity contribution in [1.29, 1.82) is 0 Å². The van der Waals surface area contributed by atoms with Gasteiger partial charge in [0.1, 0.15) is 18.5 Å². The number of hydrogen-bond donors (Lipinski definition) is 1. The van der Waals surface area contributed by atoms with Crippen LogP contribution in [0.4, 0.5) is 0 Å². The van der Waals surface area contributed by atoms with Crippen molar-refractivity contribution in [2.75, 3.05) is 26.2 Å². The molecule has 0 saturated heterocycles. The largest absolute Gasteiger partial charge is 0.491 e. The Morgan fingerprint density at radius 2 is 2.21 bits per heavy atom. The van der Waals surface area contributed by atoms with E-state index in [4.69, 9.17) is 4.74 Å². The Morgan fingerprint density at radius 3 is 2.79 bits per heavy atom. The molecule has 0 saturated carbocycles. The van der Waals surface area contributed by atoms with Gasteiger partial charge in [0.2, 0.25) is 0 Å². The van der Waals surface area contributed by atoms with Gasteiger partial charge in [0, 0.05) is 13.1 Å². The molecule has 1 aromatic carbocycles. The molecule has 1 unspecified atom stereocenters. The first-order chi connectivity index (χ1) is 9.01. The van der Waals surface area contributed by atoms with Crippen molar-refractivity contribution in [3.63, 3.8) is 0 Å². The average molecular weight is 263 g/mol. The van der Waals surface area contributed by atoms with Gasteiger partial charge in [-0.1, -0.05) is 31.2 Å². The Balaban J connectivity index is 2.38. The molecule has 1 atom stereocenters. The van der Waals surface area contributed by atoms with Crippen molar-refractivity contribution in [3.8, 4) is 5.75 Å². The molecule has 106 valence electrons. The molecular formula is C16H25NO2. The summed E-state index contributed by atoms with van der Waals surface area (Å²) in [6.07, 6.45) is -0.486. The minimum Gasteiger partial charge on any atom is -0.491 e. The Kier molecular flexibility index (Phi) is 6.60. The molecule has 0 amide bonds. The molecule has 0 aliphatic heterocycles. The molecule has 3 nitrogen and oxygen atoms in total. The minimum atomic E-state index is -0.486. The van der Waals surface area contributed by atoms with E-state index in [-0.39, 0.29) is 0 Å². The highest BCUT2D eigenvalue weighted by Crippen LogP contribution is 2.12. The van der Waals surface area contributed by atoms with Gasteiger partial charge in [0.25, 0.3) is 0 Å². The number of hydrogen-bond acceptors (Lipinski definition) is 3. The summed E-state index contributed by atoms with van der Waals surface area (Å²) in [5.74, 6) is 0.807. The Hall–Kier alpha value is -1.32. The third kappa shape index (κ3) is 6.41. The predicted molar refractivity (Wildman–Crippen MR) is 79.6 cm³/mol. The number of aliphatic hydroxyl groups is 1. The lowest BCUT2D eigenvalue weighted by Gasteiger charge is -2.23. The molecular weight excluding hydrogens is 238 g/mol. The predicted octanol–water partition coefficient (Wildman–Crippen LogP) is 2.63. The van der Waals surface area contributed by atoms with Gasteiger partial charge in [-0.15, -0.1) is 0 Å². The maximum absolute atomic E-state index is 10.00. The van der Waals surface area contributed by atoms with Crippen LogP contribution in [0.1, 0.15) is 19.4 Å². The van der Waals surface area contributed by atoms with E-state index in [2.05, 4.69) is 18.4 Å². The van der Waals surface area contributed by atoms with Crippen LogP contribution in [0.5, 0.6) is 5.75 Å². The van der Waals surface area contributed by atoms with Gasteiger partial charge in [-0.25, -0.2) is 0 Å². The summed E-state index contributed by atoms with van der Waals surface area (Å²) in [6.45, 7) is 12.6. The Bertz CT molecular complexity index is 403. The van der Waals surface area contributed by atoms with Gasteiger partial charge in [0.05, 0.1) is 0 Å². The fraction of sp³-hybridized carbons (Fsp3) is 0.500. The zero-order chi connectivity index (χ0) is 14.3. The first-order valence-electron chi connectivity index (χ1n) is 6.75. The van der Waals surface area contributed by atoms with Crippen molar-refractivity contribution in [3.05, 3.63) is 42.0 Å². The molecule has 1 aromatic rings. The van der Waals surface area contributed by atoms with Gasteiger partial charge in [-0.3, -0.25) is 4.90 Å². The monoisotopic (exact) mass is 263 g/mol. The van der Waals surface area contributed by atoms with Crippen LogP contribution in [0.2, 0.25) is 0 Å². The second-order valence-electron chi connectivity index (χ2n) is 5.07. The Morgan fingerprint density at radius 1 is 1.47 bits per heavy atom. The number of benzene rings is 1. The lowest BCUT2D eigenvalue weighted by Crippen LogP contribution is -2.36. The summed E-state index contributed by atoms with van der Waals surface area (Å²) in [7, 11) is 0. The normalized spacial score (nSPS) is 12.5. The maximum atomic E-state index is 10.00. The number of aliphatic hydroxyl groups excluding tert-OH is 1. The number of nitrogens with zero attached hydrogens (tertiary/aromatic N) is 1. The summed E-state index contributed by atoms with van der Waals surface area (Å²) >= 11 is 0. The van der Waals surface area contributed by atoms with Crippen LogP contribution in [-0.4, -0.2) is 42.4 Å². The van der Waals surface area contributed by atoms with Crippen molar-refractivity contribution in [2.45, 2.75) is 26.9 Å². The van der Waals surface area contributed by atoms with E-state index in [0.717, 1.165) is 30.0 Å². The highest BCUT2D eigenvalue weighted by Gasteiger charge is 2.11. The van der Waals surface area contributed by atoms with E-state index < -0.39 is 6.10 Å². The molecule has 1 N–H and O–H groups in total. The summed E-state index contributed by atoms with van der Waals surface area (Å²) in [5.41, 5.74) is 2.26. The number of ether oxygens (including phenoxy) is 1. The average Bonchev–Trinajstić information content (AvgIpc) is 2.35. The molecule has 0 heterocycles. The molecule has 0 fully saturated rings. The highest BCUT2D eigenvalue weighted by atomic mass is 16.5. The number of rotatable bonds is 8. The van der Waals surface area contributed by atoms with Gasteiger partial charge >= 0.3 is 0 Å². The third-order valence-corrected chi connectivity index (χ3v) is 2.84. The fourth-order valence-corrected chi connectivity index (χ4v) is 1.94. The second kappa shape index (κ2) is 7.97. The topological polar surface area (TPSA) is 32.7 Å². The quantitative estimate of drug-likeness (QED) is 0.732. The zero-order valence-electron chi connectivity index (χ0n) is 12.2. The molecule has 0 spiro atoms. The summed E-state index contributed by atoms with van der Waals surface area (Å²) < 4.78 is 5.60. The van der Waals surface area contributed by atoms with E-state index >= 15 is 0 Å². The van der Waals surface area contributed by atoms with Gasteiger partial charge < -0.3 is 9.84 Å². The van der Waals surface area contributed by atoms with Crippen molar-refractivity contribution in [2.24, 2.45) is 0 Å². The molecule has 0 aliphatic rings. The van der Waals surface area contributed by atoms with Crippen LogP contribution in [-0.2, 0) is 0 Å². The summed E-state index contributed by atoms with van der Waals surface area (Å²) in [6, 6.07) is 7.86. The number of aryl methyl sites for hydroxylation is 1. The van der Waals surface area contributed by atoms with Gasteiger partial charge in [0.15, 0.2) is 0 Å². The molecule has 3 heteroatoms. The number of likely N-dealkylation sites (N-methyl/N-ethyl adjacent to an activating group) is 1. The molecule has 0 aromatic heterocycles. The smallest absolute Gasteiger partial charge is 0.119 e. The maximum Gasteiger partial charge on any atom is 0.119 e. The second-order valence-corrected chi connectivity index (χ2v) is 5.07. The third-order valence-electron chi connectivity index (χ3n) is 2.84. The van der Waals surface area contributed by atoms with Crippen LogP contribution in [0.3, 0.4) is 0 Å². The zero-order valence-corrected chi connectivity index (χ0v) is 12.2. The first-order valence-corrected chi connectivity index (χ1v) is 6.75. The lowest BCUT2D eigenvalue weighted by molar-refractivity contribution is 0.0728. The van der Waals surface area contributed by atoms with E-state index in [1.165, 1.54) is 0 Å². The summed E-state index contributed by atoms with van der Waals surface area (Å²) in [4.78, 5) is 2.16. The lowest BCUT2D eigenvalue weighted by atomic mass is 10.2. The van der Waals surface area contributed by atoms with E-state index in [1.807, 2.05) is 38.1 Å². The Labute approximate surface area is 116 Å². The fourth-order valence-electron chi connectivity index (χ4n) is 1.94. The molecule has 0 bridgehead atoms. The van der Waals surface area contributed by atoms with Crippen LogP contribution in [0.15, 0.2) is 36.4 Å². The molecule has 19 heavy (non-hydrogen) atoms. The minimum absolute atomic E-state index is 0.316. The molecule has 1 rings (SSSR count). The van der Waals surface area contributed by atoms with Crippen molar-refractivity contribution < 1.29 is 9.84 Å². The van der Waals surface area contributed by atoms with Crippen LogP contribution >= 0.6 is 0 Å². The van der Waals surface area contributed by atoms with Crippen molar-refractivity contribution in [1.82, 2.24) is 4.90 Å². The van der Waals surface area contributed by atoms with E-state index in [0.29, 0.717) is 13.2 Å². The molecule has 0 radical (unpaired) electrons. The van der Waals surface area contributed by atoms with Crippen LogP contribution < -0.4 is 4.74 Å². The standard InChI is InChI=1S/C16H25NO2/c1-5-17(10-13(2)3)11-15(18)12-19-16-8-6-7-14(4)9-16/h6-9,15,18H,2,5,10-12H2,1,3-4H3. The highest BCUT2D eigenvalue weighted by molar-refractivity contribution is 5.27. The molecule has 0 aliphatic carbocycles.